The summed E-state index contributed by atoms with van der Waals surface area (Å²) in [6, 6.07) is 3.88. The molecule has 33 heavy (non-hydrogen) atoms. The minimum atomic E-state index is -0.675. The number of amides is 2. The van der Waals surface area contributed by atoms with E-state index in [1.165, 1.54) is 51.0 Å². The third kappa shape index (κ3) is 5.40. The maximum Gasteiger partial charge on any atom is 0.317 e. The van der Waals surface area contributed by atoms with Gasteiger partial charge >= 0.3 is 6.03 Å². The van der Waals surface area contributed by atoms with Crippen LogP contribution in [0.2, 0.25) is 0 Å². The van der Waals surface area contributed by atoms with Crippen LogP contribution in [0.4, 0.5) is 19.4 Å². The number of hydrogen-bond acceptors (Lipinski definition) is 4. The number of H-pyrrole nitrogens is 1. The fourth-order valence-electron chi connectivity index (χ4n) is 4.45. The van der Waals surface area contributed by atoms with Crippen LogP contribution >= 0.6 is 0 Å². The number of carbonyl (C=O) groups excluding carboxylic acids is 1. The molecule has 1 aliphatic heterocycles. The fraction of sp³-hybridized carbons (Fsp3) is 0.458. The molecule has 0 unspecified atom stereocenters. The lowest BCUT2D eigenvalue weighted by Crippen LogP contribution is -2.44. The van der Waals surface area contributed by atoms with E-state index in [9.17, 15) is 13.6 Å². The molecule has 2 fully saturated rings. The molecular weight excluding hydrogens is 426 g/mol. The summed E-state index contributed by atoms with van der Waals surface area (Å²) in [5.74, 6) is -0.995. The van der Waals surface area contributed by atoms with E-state index in [0.29, 0.717) is 22.5 Å². The van der Waals surface area contributed by atoms with Crippen LogP contribution in [0.5, 0.6) is 0 Å². The molecule has 2 amide bonds. The molecule has 9 heteroatoms. The quantitative estimate of drug-likeness (QED) is 0.458. The number of aromatic nitrogens is 3. The van der Waals surface area contributed by atoms with E-state index >= 15 is 0 Å². The summed E-state index contributed by atoms with van der Waals surface area (Å²) in [4.78, 5) is 24.3. The summed E-state index contributed by atoms with van der Waals surface area (Å²) in [5.41, 5.74) is 7.15. The van der Waals surface area contributed by atoms with Crippen molar-refractivity contribution >= 4 is 22.8 Å². The van der Waals surface area contributed by atoms with Crippen molar-refractivity contribution in [3.63, 3.8) is 0 Å². The van der Waals surface area contributed by atoms with E-state index in [2.05, 4.69) is 20.3 Å². The number of nitrogens with two attached hydrogens (primary N) is 1. The van der Waals surface area contributed by atoms with E-state index in [4.69, 9.17) is 5.73 Å². The molecule has 1 aromatic carbocycles. The van der Waals surface area contributed by atoms with Crippen LogP contribution in [0.25, 0.3) is 22.3 Å². The molecule has 0 bridgehead atoms. The number of nitrogens with one attached hydrogen (secondary N) is 2. The highest BCUT2D eigenvalue weighted by atomic mass is 19.1. The number of nitrogen functional groups attached to an aromatic ring is 1. The Morgan fingerprint density at radius 3 is 2.58 bits per heavy atom. The molecule has 5 rings (SSSR count). The summed E-state index contributed by atoms with van der Waals surface area (Å²) in [5, 5.41) is 3.79. The van der Waals surface area contributed by atoms with Gasteiger partial charge in [-0.2, -0.15) is 0 Å². The second kappa shape index (κ2) is 10.1. The van der Waals surface area contributed by atoms with Crippen LogP contribution in [-0.4, -0.2) is 45.0 Å². The number of fused-ring (bicyclic) bond motifs is 1. The maximum atomic E-state index is 13.8. The van der Waals surface area contributed by atoms with E-state index in [-0.39, 0.29) is 27.8 Å². The largest absolute Gasteiger partial charge is 0.381 e. The van der Waals surface area contributed by atoms with Gasteiger partial charge in [-0.15, -0.1) is 0 Å². The Labute approximate surface area is 196 Å². The number of urea groups is 1. The molecule has 0 radical (unpaired) electrons. The summed E-state index contributed by atoms with van der Waals surface area (Å²) < 4.78 is 26.8. The summed E-state index contributed by atoms with van der Waals surface area (Å²) in [6.45, 7) is 3.70. The molecular formula is C24H36F2N6O. The van der Waals surface area contributed by atoms with Crippen molar-refractivity contribution in [2.75, 3.05) is 18.8 Å². The van der Waals surface area contributed by atoms with Crippen molar-refractivity contribution in [1.82, 2.24) is 25.2 Å². The Balaban J connectivity index is 0.000000345. The van der Waals surface area contributed by atoms with E-state index < -0.39 is 5.82 Å². The zero-order valence-electron chi connectivity index (χ0n) is 18.8. The molecule has 182 valence electrons. The molecule has 7 nitrogen and oxygen atoms in total. The molecule has 1 aliphatic carbocycles. The van der Waals surface area contributed by atoms with Gasteiger partial charge in [-0.05, 0) is 50.3 Å². The lowest BCUT2D eigenvalue weighted by molar-refractivity contribution is 0.200. The summed E-state index contributed by atoms with van der Waals surface area (Å²) >= 11 is 0. The number of rotatable bonds is 2. The first-order valence-electron chi connectivity index (χ1n) is 11.5. The van der Waals surface area contributed by atoms with Gasteiger partial charge in [0.1, 0.15) is 5.82 Å². The zero-order chi connectivity index (χ0) is 23.4. The lowest BCUT2D eigenvalue weighted by atomic mass is 9.96. The number of anilines is 1. The third-order valence-electron chi connectivity index (χ3n) is 6.22. The Bertz CT molecular complexity index is 1130. The number of likely N-dealkylation sites (tertiary alicyclic amines) is 1. The van der Waals surface area contributed by atoms with Crippen LogP contribution < -0.4 is 11.1 Å². The zero-order valence-corrected chi connectivity index (χ0v) is 18.8. The van der Waals surface area contributed by atoms with Crippen LogP contribution in [0, 0.1) is 18.6 Å². The fourth-order valence-corrected chi connectivity index (χ4v) is 4.45. The molecule has 3 aromatic rings. The van der Waals surface area contributed by atoms with Gasteiger partial charge in [0.05, 0.1) is 11.7 Å². The first-order valence-corrected chi connectivity index (χ1v) is 11.5. The van der Waals surface area contributed by atoms with Crippen molar-refractivity contribution in [3.05, 3.63) is 41.7 Å². The molecule has 3 heterocycles. The standard InChI is InChI=1S/C13H10F2N4.C11H20N2O.3H2/c1-6-2-7-8(4-17-11(7)9(14)3-6)13-18-5-10(15)12(16)19-13;14-11(13-8-4-5-9-13)12-10-6-2-1-3-7-10;;;/h2-5,17H,1H3,(H2,16,18,19);10H,1-9H2,(H,12,14);3*1H. The van der Waals surface area contributed by atoms with Gasteiger partial charge in [-0.25, -0.2) is 23.5 Å². The Hall–Kier alpha value is -3.23. The molecule has 2 aliphatic rings. The van der Waals surface area contributed by atoms with Crippen molar-refractivity contribution in [1.29, 1.82) is 0 Å². The average molecular weight is 463 g/mol. The van der Waals surface area contributed by atoms with E-state index in [0.717, 1.165) is 24.8 Å². The van der Waals surface area contributed by atoms with Crippen LogP contribution in [0.15, 0.2) is 24.5 Å². The first-order chi connectivity index (χ1) is 15.9. The van der Waals surface area contributed by atoms with Crippen molar-refractivity contribution in [3.8, 4) is 11.4 Å². The highest BCUT2D eigenvalue weighted by molar-refractivity contribution is 5.94. The number of halogens is 2. The van der Waals surface area contributed by atoms with E-state index in [1.807, 2.05) is 11.0 Å². The maximum absolute atomic E-state index is 13.8. The average Bonchev–Trinajstić information content (AvgIpc) is 3.47. The number of aromatic amines is 1. The van der Waals surface area contributed by atoms with Gasteiger partial charge in [0.25, 0.3) is 0 Å². The second-order valence-electron chi connectivity index (χ2n) is 8.78. The SMILES string of the molecule is Cc1cc(F)c2[nH]cc(-c3ncc(F)c(N)n3)c2c1.O=C(NC1CCCCC1)N1CCCC1.[HH].[HH].[HH]. The molecule has 1 saturated heterocycles. The molecule has 1 saturated carbocycles. The predicted octanol–water partition coefficient (Wildman–Crippen LogP) is 5.66. The molecule has 4 N–H and O–H groups in total. The van der Waals surface area contributed by atoms with Gasteiger partial charge < -0.3 is 20.9 Å². The first kappa shape index (κ1) is 22.9. The number of carbonyl (C=O) groups is 1. The minimum Gasteiger partial charge on any atom is -0.381 e. The monoisotopic (exact) mass is 462 g/mol. The van der Waals surface area contributed by atoms with Crippen molar-refractivity contribution in [2.24, 2.45) is 0 Å². The van der Waals surface area contributed by atoms with E-state index in [1.54, 1.807) is 13.1 Å². The highest BCUT2D eigenvalue weighted by Crippen LogP contribution is 2.29. The second-order valence-corrected chi connectivity index (χ2v) is 8.78. The number of hydrogen-bond donors (Lipinski definition) is 3. The van der Waals surface area contributed by atoms with Crippen LogP contribution in [0.1, 0.15) is 54.8 Å². The third-order valence-corrected chi connectivity index (χ3v) is 6.22. The molecule has 2 aromatic heterocycles. The Kier molecular flexibility index (Phi) is 7.05. The van der Waals surface area contributed by atoms with Gasteiger partial charge in [0, 0.05) is 40.6 Å². The van der Waals surface area contributed by atoms with Gasteiger partial charge in [-0.1, -0.05) is 19.3 Å². The molecule has 0 atom stereocenters. The Morgan fingerprint density at radius 2 is 1.88 bits per heavy atom. The van der Waals surface area contributed by atoms with Gasteiger partial charge in [0.15, 0.2) is 17.5 Å². The summed E-state index contributed by atoms with van der Waals surface area (Å²) in [7, 11) is 0. The number of nitrogens with zero attached hydrogens (tertiary/aromatic N) is 3. The van der Waals surface area contributed by atoms with Gasteiger partial charge in [-0.3, -0.25) is 0 Å². The minimum absolute atomic E-state index is 0. The highest BCUT2D eigenvalue weighted by Gasteiger charge is 2.21. The smallest absolute Gasteiger partial charge is 0.317 e. The topological polar surface area (TPSA) is 99.9 Å². The molecule has 0 spiro atoms. The Morgan fingerprint density at radius 1 is 1.15 bits per heavy atom. The van der Waals surface area contributed by atoms with Crippen LogP contribution in [-0.2, 0) is 0 Å². The lowest BCUT2D eigenvalue weighted by Gasteiger charge is -2.25. The van der Waals surface area contributed by atoms with Gasteiger partial charge in [0.2, 0.25) is 0 Å². The number of aryl methyl sites for hydroxylation is 1. The normalized spacial score (nSPS) is 16.5. The number of benzene rings is 1. The van der Waals surface area contributed by atoms with Crippen LogP contribution in [0.3, 0.4) is 0 Å². The van der Waals surface area contributed by atoms with Crippen molar-refractivity contribution < 1.29 is 17.9 Å². The predicted molar refractivity (Wildman–Crippen MR) is 131 cm³/mol. The van der Waals surface area contributed by atoms with Crippen molar-refractivity contribution in [2.45, 2.75) is 57.9 Å². The summed E-state index contributed by atoms with van der Waals surface area (Å²) in [6.07, 6.45) is 11.2.